The average molecular weight is 402 g/mol. The summed E-state index contributed by atoms with van der Waals surface area (Å²) in [5.41, 5.74) is 3.70. The van der Waals surface area contributed by atoms with Gasteiger partial charge in [0, 0.05) is 30.3 Å². The van der Waals surface area contributed by atoms with Crippen LogP contribution in [0.2, 0.25) is 0 Å². The van der Waals surface area contributed by atoms with E-state index in [9.17, 15) is 9.59 Å². The fourth-order valence-electron chi connectivity index (χ4n) is 5.22. The van der Waals surface area contributed by atoms with Crippen LogP contribution in [0.1, 0.15) is 42.3 Å². The van der Waals surface area contributed by atoms with Crippen LogP contribution in [-0.2, 0) is 11.2 Å². The fourth-order valence-corrected chi connectivity index (χ4v) is 5.22. The van der Waals surface area contributed by atoms with Crippen molar-refractivity contribution in [2.45, 2.75) is 32.6 Å². The SMILES string of the molecule is CC(=O)Cc1cccc(-c2cccc3cc(C(=O)C[C@H]4CN5CCC4CC5)oc23)c1. The molecule has 4 heteroatoms. The molecular formula is C26H27NO3. The summed E-state index contributed by atoms with van der Waals surface area (Å²) in [4.78, 5) is 27.0. The number of hydrogen-bond acceptors (Lipinski definition) is 4. The first-order valence-corrected chi connectivity index (χ1v) is 10.9. The molecule has 1 atom stereocenters. The molecule has 3 saturated heterocycles. The van der Waals surface area contributed by atoms with Gasteiger partial charge in [-0.25, -0.2) is 0 Å². The van der Waals surface area contributed by atoms with Gasteiger partial charge >= 0.3 is 0 Å². The normalized spacial score (nSPS) is 23.0. The van der Waals surface area contributed by atoms with E-state index in [0.29, 0.717) is 30.4 Å². The Kier molecular flexibility index (Phi) is 5.03. The number of benzene rings is 2. The lowest BCUT2D eigenvalue weighted by Crippen LogP contribution is -2.47. The molecule has 154 valence electrons. The minimum atomic E-state index is 0.112. The Morgan fingerprint density at radius 3 is 2.60 bits per heavy atom. The molecular weight excluding hydrogens is 374 g/mol. The van der Waals surface area contributed by atoms with Crippen LogP contribution in [0.25, 0.3) is 22.1 Å². The van der Waals surface area contributed by atoms with Gasteiger partial charge in [-0.3, -0.25) is 9.59 Å². The number of furan rings is 1. The standard InChI is InChI=1S/C26H27NO3/c1-17(28)12-18-4-2-5-20(13-18)23-7-3-6-21-15-25(30-26(21)23)24(29)14-22-16-27-10-8-19(22)9-11-27/h2-7,13,15,19,22H,8-12,14,16H2,1H3/t22-/m0/s1. The predicted molar refractivity (Wildman–Crippen MR) is 118 cm³/mol. The second kappa shape index (κ2) is 7.84. The van der Waals surface area contributed by atoms with Crippen molar-refractivity contribution in [2.75, 3.05) is 19.6 Å². The molecule has 0 spiro atoms. The molecule has 6 rings (SSSR count). The van der Waals surface area contributed by atoms with Gasteiger partial charge in [0.15, 0.2) is 11.5 Å². The number of rotatable bonds is 6. The van der Waals surface area contributed by atoms with E-state index in [1.165, 1.54) is 25.9 Å². The Labute approximate surface area is 176 Å². The fraction of sp³-hybridized carbons (Fsp3) is 0.385. The van der Waals surface area contributed by atoms with Crippen molar-refractivity contribution in [3.8, 4) is 11.1 Å². The highest BCUT2D eigenvalue weighted by atomic mass is 16.3. The summed E-state index contributed by atoms with van der Waals surface area (Å²) in [5, 5.41) is 0.946. The topological polar surface area (TPSA) is 50.5 Å². The summed E-state index contributed by atoms with van der Waals surface area (Å²) in [6.45, 7) is 5.02. The van der Waals surface area contributed by atoms with Gasteiger partial charge < -0.3 is 9.32 Å². The number of ketones is 2. The predicted octanol–water partition coefficient (Wildman–Crippen LogP) is 5.15. The summed E-state index contributed by atoms with van der Waals surface area (Å²) >= 11 is 0. The van der Waals surface area contributed by atoms with Crippen molar-refractivity contribution >= 4 is 22.5 Å². The van der Waals surface area contributed by atoms with Gasteiger partial charge in [0.25, 0.3) is 0 Å². The largest absolute Gasteiger partial charge is 0.452 e. The third-order valence-electron chi connectivity index (χ3n) is 6.75. The van der Waals surface area contributed by atoms with E-state index in [1.807, 2.05) is 48.5 Å². The number of para-hydroxylation sites is 1. The Hall–Kier alpha value is -2.72. The summed E-state index contributed by atoms with van der Waals surface area (Å²) in [5.74, 6) is 1.86. The maximum Gasteiger partial charge on any atom is 0.198 e. The van der Waals surface area contributed by atoms with Crippen LogP contribution in [0.15, 0.2) is 52.9 Å². The second-order valence-corrected chi connectivity index (χ2v) is 8.94. The Morgan fingerprint density at radius 2 is 1.87 bits per heavy atom. The number of hydrogen-bond donors (Lipinski definition) is 0. The van der Waals surface area contributed by atoms with Gasteiger partial charge in [-0.1, -0.05) is 42.5 Å². The smallest absolute Gasteiger partial charge is 0.198 e. The van der Waals surface area contributed by atoms with Crippen molar-refractivity contribution < 1.29 is 14.0 Å². The van der Waals surface area contributed by atoms with Crippen LogP contribution in [0.5, 0.6) is 0 Å². The molecule has 4 heterocycles. The molecule has 0 saturated carbocycles. The first-order chi connectivity index (χ1) is 14.6. The number of carbonyl (C=O) groups excluding carboxylic acids is 2. The van der Waals surface area contributed by atoms with Gasteiger partial charge in [0.1, 0.15) is 11.4 Å². The third kappa shape index (κ3) is 3.72. The maximum absolute atomic E-state index is 13.0. The van der Waals surface area contributed by atoms with Crippen molar-refractivity contribution in [1.29, 1.82) is 0 Å². The molecule has 0 amide bonds. The third-order valence-corrected chi connectivity index (χ3v) is 6.75. The molecule has 3 aliphatic rings. The molecule has 0 unspecified atom stereocenters. The van der Waals surface area contributed by atoms with E-state index in [0.717, 1.165) is 34.2 Å². The Morgan fingerprint density at radius 1 is 1.07 bits per heavy atom. The van der Waals surface area contributed by atoms with E-state index in [4.69, 9.17) is 4.42 Å². The lowest BCUT2D eigenvalue weighted by Gasteiger charge is -2.44. The van der Waals surface area contributed by atoms with Crippen molar-refractivity contribution in [3.63, 3.8) is 0 Å². The number of carbonyl (C=O) groups is 2. The van der Waals surface area contributed by atoms with Crippen molar-refractivity contribution in [2.24, 2.45) is 11.8 Å². The number of Topliss-reactive ketones (excluding diaryl/α,β-unsaturated/α-hetero) is 2. The number of fused-ring (bicyclic) bond motifs is 4. The molecule has 3 fully saturated rings. The minimum absolute atomic E-state index is 0.112. The maximum atomic E-state index is 13.0. The number of nitrogens with zero attached hydrogens (tertiary/aromatic N) is 1. The minimum Gasteiger partial charge on any atom is -0.452 e. The highest BCUT2D eigenvalue weighted by Crippen LogP contribution is 2.36. The molecule has 2 aromatic carbocycles. The van der Waals surface area contributed by atoms with Gasteiger partial charge in [-0.2, -0.15) is 0 Å². The van der Waals surface area contributed by atoms with Crippen LogP contribution in [0, 0.1) is 11.8 Å². The molecule has 0 aliphatic carbocycles. The van der Waals surface area contributed by atoms with Crippen LogP contribution >= 0.6 is 0 Å². The molecule has 1 aromatic heterocycles. The zero-order valence-electron chi connectivity index (χ0n) is 17.4. The Bertz CT molecular complexity index is 1100. The molecule has 2 bridgehead atoms. The monoisotopic (exact) mass is 401 g/mol. The summed E-state index contributed by atoms with van der Waals surface area (Å²) < 4.78 is 6.13. The lowest BCUT2D eigenvalue weighted by atomic mass is 9.76. The summed E-state index contributed by atoms with van der Waals surface area (Å²) in [6.07, 6.45) is 3.44. The number of piperidine rings is 3. The lowest BCUT2D eigenvalue weighted by molar-refractivity contribution is -0.116. The van der Waals surface area contributed by atoms with E-state index >= 15 is 0 Å². The first-order valence-electron chi connectivity index (χ1n) is 10.9. The first kappa shape index (κ1) is 19.3. The highest BCUT2D eigenvalue weighted by Gasteiger charge is 2.35. The van der Waals surface area contributed by atoms with Crippen LogP contribution in [-0.4, -0.2) is 36.1 Å². The van der Waals surface area contributed by atoms with Gasteiger partial charge in [0.2, 0.25) is 0 Å². The van der Waals surface area contributed by atoms with Crippen LogP contribution in [0.4, 0.5) is 0 Å². The van der Waals surface area contributed by atoms with Crippen molar-refractivity contribution in [1.82, 2.24) is 4.90 Å². The molecule has 3 aliphatic heterocycles. The quantitative estimate of drug-likeness (QED) is 0.536. The zero-order valence-corrected chi connectivity index (χ0v) is 17.4. The van der Waals surface area contributed by atoms with Crippen molar-refractivity contribution in [3.05, 3.63) is 59.9 Å². The zero-order chi connectivity index (χ0) is 20.7. The summed E-state index contributed by atoms with van der Waals surface area (Å²) in [6, 6.07) is 15.9. The molecule has 30 heavy (non-hydrogen) atoms. The molecule has 0 radical (unpaired) electrons. The van der Waals surface area contributed by atoms with E-state index < -0.39 is 0 Å². The highest BCUT2D eigenvalue weighted by molar-refractivity contribution is 6.01. The average Bonchev–Trinajstić information content (AvgIpc) is 3.19. The molecule has 0 N–H and O–H groups in total. The van der Waals surface area contributed by atoms with E-state index in [2.05, 4.69) is 4.90 Å². The molecule has 3 aromatic rings. The van der Waals surface area contributed by atoms with E-state index in [1.54, 1.807) is 6.92 Å². The van der Waals surface area contributed by atoms with Crippen LogP contribution < -0.4 is 0 Å². The summed E-state index contributed by atoms with van der Waals surface area (Å²) in [7, 11) is 0. The second-order valence-electron chi connectivity index (χ2n) is 8.94. The Balaban J connectivity index is 1.42. The molecule has 4 nitrogen and oxygen atoms in total. The van der Waals surface area contributed by atoms with Gasteiger partial charge in [0.05, 0.1) is 0 Å². The van der Waals surface area contributed by atoms with Crippen LogP contribution in [0.3, 0.4) is 0 Å². The van der Waals surface area contributed by atoms with Gasteiger partial charge in [-0.05, 0) is 61.9 Å². The van der Waals surface area contributed by atoms with Gasteiger partial charge in [-0.15, -0.1) is 0 Å². The van der Waals surface area contributed by atoms with E-state index in [-0.39, 0.29) is 11.6 Å².